The topological polar surface area (TPSA) is 58.2 Å². The van der Waals surface area contributed by atoms with Crippen LogP contribution in [-0.2, 0) is 4.79 Å². The van der Waals surface area contributed by atoms with E-state index in [1.807, 2.05) is 49.4 Å². The molecule has 0 radical (unpaired) electrons. The fourth-order valence-electron chi connectivity index (χ4n) is 2.06. The molecule has 2 N–H and O–H groups in total. The summed E-state index contributed by atoms with van der Waals surface area (Å²) in [5, 5.41) is 4.28. The molecular weight excluding hydrogens is 308 g/mol. The minimum atomic E-state index is -0.503. The predicted octanol–water partition coefficient (Wildman–Crippen LogP) is 3.59. The van der Waals surface area contributed by atoms with Crippen LogP contribution in [0, 0.1) is 13.8 Å². The monoisotopic (exact) mass is 328 g/mol. The number of nitrogens with one attached hydrogen (secondary N) is 2. The van der Waals surface area contributed by atoms with Crippen LogP contribution in [0.4, 0.5) is 4.79 Å². The Hall–Kier alpha value is -2.27. The third-order valence-electron chi connectivity index (χ3n) is 3.54. The van der Waals surface area contributed by atoms with Crippen molar-refractivity contribution in [1.29, 1.82) is 0 Å². The van der Waals surface area contributed by atoms with Gasteiger partial charge in [-0.25, -0.2) is 4.79 Å². The van der Waals surface area contributed by atoms with E-state index >= 15 is 0 Å². The Kier molecular flexibility index (Phi) is 5.82. The number of hydrogen-bond acceptors (Lipinski definition) is 3. The lowest BCUT2D eigenvalue weighted by molar-refractivity contribution is -0.119. The summed E-state index contributed by atoms with van der Waals surface area (Å²) >= 11 is 1.43. The van der Waals surface area contributed by atoms with E-state index in [0.29, 0.717) is 0 Å². The van der Waals surface area contributed by atoms with Gasteiger partial charge in [0, 0.05) is 11.9 Å². The van der Waals surface area contributed by atoms with Gasteiger partial charge in [-0.1, -0.05) is 36.4 Å². The molecule has 0 heterocycles. The molecule has 0 aliphatic heterocycles. The molecule has 120 valence electrons. The minimum Gasteiger partial charge on any atom is -0.341 e. The van der Waals surface area contributed by atoms with E-state index in [9.17, 15) is 9.59 Å². The fourth-order valence-corrected chi connectivity index (χ4v) is 3.19. The third-order valence-corrected chi connectivity index (χ3v) is 4.78. The first kappa shape index (κ1) is 17.1. The SMILES string of the molecule is CNC(=O)NC(=O)[C@H](Sc1ccc(C)c(C)c1)c1ccccc1. The van der Waals surface area contributed by atoms with Gasteiger partial charge in [-0.15, -0.1) is 11.8 Å². The molecule has 0 saturated carbocycles. The van der Waals surface area contributed by atoms with E-state index in [-0.39, 0.29) is 5.91 Å². The van der Waals surface area contributed by atoms with E-state index in [0.717, 1.165) is 10.5 Å². The highest BCUT2D eigenvalue weighted by Gasteiger charge is 2.23. The molecule has 2 aromatic carbocycles. The molecule has 0 aliphatic carbocycles. The van der Waals surface area contributed by atoms with Crippen LogP contribution in [0.2, 0.25) is 0 Å². The molecule has 23 heavy (non-hydrogen) atoms. The first-order valence-corrected chi connectivity index (χ1v) is 8.20. The highest BCUT2D eigenvalue weighted by molar-refractivity contribution is 8.00. The van der Waals surface area contributed by atoms with Crippen LogP contribution in [0.1, 0.15) is 21.9 Å². The summed E-state index contributed by atoms with van der Waals surface area (Å²) < 4.78 is 0. The first-order chi connectivity index (χ1) is 11.0. The molecule has 4 nitrogen and oxygen atoms in total. The Labute approximate surface area is 140 Å². The molecule has 0 fully saturated rings. The number of thioether (sulfide) groups is 1. The van der Waals surface area contributed by atoms with Crippen molar-refractivity contribution in [1.82, 2.24) is 10.6 Å². The average molecular weight is 328 g/mol. The average Bonchev–Trinajstić information content (AvgIpc) is 2.56. The lowest BCUT2D eigenvalue weighted by atomic mass is 10.1. The van der Waals surface area contributed by atoms with Crippen molar-refractivity contribution >= 4 is 23.7 Å². The van der Waals surface area contributed by atoms with Gasteiger partial charge >= 0.3 is 6.03 Å². The van der Waals surface area contributed by atoms with Crippen LogP contribution >= 0.6 is 11.8 Å². The second-order valence-electron chi connectivity index (χ2n) is 5.22. The van der Waals surface area contributed by atoms with Crippen molar-refractivity contribution in [3.05, 3.63) is 65.2 Å². The maximum Gasteiger partial charge on any atom is 0.321 e. The number of aryl methyl sites for hydroxylation is 2. The summed E-state index contributed by atoms with van der Waals surface area (Å²) in [4.78, 5) is 24.9. The van der Waals surface area contributed by atoms with Gasteiger partial charge in [0.1, 0.15) is 5.25 Å². The van der Waals surface area contributed by atoms with Crippen LogP contribution in [0.15, 0.2) is 53.4 Å². The fraction of sp³-hybridized carbons (Fsp3) is 0.222. The highest BCUT2D eigenvalue weighted by atomic mass is 32.2. The number of urea groups is 1. The van der Waals surface area contributed by atoms with Gasteiger partial charge in [-0.2, -0.15) is 0 Å². The van der Waals surface area contributed by atoms with Crippen molar-refractivity contribution in [3.63, 3.8) is 0 Å². The van der Waals surface area contributed by atoms with Gasteiger partial charge in [0.2, 0.25) is 5.91 Å². The minimum absolute atomic E-state index is 0.334. The highest BCUT2D eigenvalue weighted by Crippen LogP contribution is 2.36. The number of imide groups is 1. The van der Waals surface area contributed by atoms with Crippen molar-refractivity contribution < 1.29 is 9.59 Å². The quantitative estimate of drug-likeness (QED) is 0.843. The Morgan fingerprint density at radius 3 is 2.30 bits per heavy atom. The molecule has 0 aliphatic rings. The van der Waals surface area contributed by atoms with Crippen LogP contribution < -0.4 is 10.6 Å². The van der Waals surface area contributed by atoms with E-state index in [4.69, 9.17) is 0 Å². The van der Waals surface area contributed by atoms with E-state index in [1.165, 1.54) is 29.9 Å². The molecule has 3 amide bonds. The number of amides is 3. The predicted molar refractivity (Wildman–Crippen MR) is 93.6 cm³/mol. The van der Waals surface area contributed by atoms with Gasteiger partial charge in [0.15, 0.2) is 0 Å². The molecule has 2 rings (SSSR count). The van der Waals surface area contributed by atoms with Gasteiger partial charge in [0.25, 0.3) is 0 Å². The Morgan fingerprint density at radius 1 is 1.00 bits per heavy atom. The van der Waals surface area contributed by atoms with Crippen LogP contribution in [-0.4, -0.2) is 19.0 Å². The van der Waals surface area contributed by atoms with Crippen molar-refractivity contribution in [2.75, 3.05) is 7.05 Å². The summed E-state index contributed by atoms with van der Waals surface area (Å²) in [5.74, 6) is -0.334. The van der Waals surface area contributed by atoms with Gasteiger partial charge in [-0.05, 0) is 42.7 Å². The normalized spacial score (nSPS) is 11.6. The third kappa shape index (κ3) is 4.60. The van der Waals surface area contributed by atoms with Gasteiger partial charge < -0.3 is 5.32 Å². The summed E-state index contributed by atoms with van der Waals surface area (Å²) in [5.41, 5.74) is 3.24. The first-order valence-electron chi connectivity index (χ1n) is 7.32. The zero-order chi connectivity index (χ0) is 16.8. The van der Waals surface area contributed by atoms with Gasteiger partial charge in [0.05, 0.1) is 0 Å². The zero-order valence-corrected chi connectivity index (χ0v) is 14.2. The van der Waals surface area contributed by atoms with Crippen LogP contribution in [0.3, 0.4) is 0 Å². The Balaban J connectivity index is 2.28. The molecule has 0 aromatic heterocycles. The smallest absolute Gasteiger partial charge is 0.321 e. The second kappa shape index (κ2) is 7.83. The Bertz CT molecular complexity index is 701. The van der Waals surface area contributed by atoms with E-state index < -0.39 is 11.3 Å². The van der Waals surface area contributed by atoms with Crippen molar-refractivity contribution in [3.8, 4) is 0 Å². The molecule has 0 bridgehead atoms. The summed E-state index contributed by atoms with van der Waals surface area (Å²) in [6.45, 7) is 4.10. The number of hydrogen-bond donors (Lipinski definition) is 2. The van der Waals surface area contributed by atoms with Crippen LogP contribution in [0.5, 0.6) is 0 Å². The zero-order valence-electron chi connectivity index (χ0n) is 13.4. The summed E-state index contributed by atoms with van der Waals surface area (Å²) in [7, 11) is 1.48. The maximum atomic E-state index is 12.5. The molecule has 1 atom stereocenters. The number of benzene rings is 2. The molecule has 0 saturated heterocycles. The molecule has 5 heteroatoms. The summed E-state index contributed by atoms with van der Waals surface area (Å²) in [6.07, 6.45) is 0. The van der Waals surface area contributed by atoms with Gasteiger partial charge in [-0.3, -0.25) is 10.1 Å². The van der Waals surface area contributed by atoms with Crippen molar-refractivity contribution in [2.45, 2.75) is 24.0 Å². The van der Waals surface area contributed by atoms with E-state index in [1.54, 1.807) is 0 Å². The summed E-state index contributed by atoms with van der Waals surface area (Å²) in [6, 6.07) is 15.0. The lowest BCUT2D eigenvalue weighted by Crippen LogP contribution is -2.39. The standard InChI is InChI=1S/C18H20N2O2S/c1-12-9-10-15(11-13(12)2)23-16(14-7-5-4-6-8-14)17(21)20-18(22)19-3/h4-11,16H,1-3H3,(H2,19,20,21,22)/t16-/m1/s1. The maximum absolute atomic E-state index is 12.5. The number of carbonyl (C=O) groups is 2. The molecular formula is C18H20N2O2S. The molecule has 2 aromatic rings. The second-order valence-corrected chi connectivity index (χ2v) is 6.40. The van der Waals surface area contributed by atoms with Crippen LogP contribution in [0.25, 0.3) is 0 Å². The largest absolute Gasteiger partial charge is 0.341 e. The number of rotatable bonds is 4. The number of carbonyl (C=O) groups excluding carboxylic acids is 2. The molecule has 0 unspecified atom stereocenters. The van der Waals surface area contributed by atoms with E-state index in [2.05, 4.69) is 23.6 Å². The molecule has 0 spiro atoms. The van der Waals surface area contributed by atoms with Crippen molar-refractivity contribution in [2.24, 2.45) is 0 Å². The Morgan fingerprint density at radius 2 is 1.70 bits per heavy atom. The lowest BCUT2D eigenvalue weighted by Gasteiger charge is -2.17.